The Kier molecular flexibility index (Phi) is 5.87. The number of nitrogens with one attached hydrogen (secondary N) is 1. The maximum absolute atomic E-state index is 12.0. The molecule has 4 nitrogen and oxygen atoms in total. The van der Waals surface area contributed by atoms with Crippen molar-refractivity contribution in [2.45, 2.75) is 19.0 Å². The third-order valence-corrected chi connectivity index (χ3v) is 2.95. The van der Waals surface area contributed by atoms with Crippen LogP contribution in [0, 0.1) is 0 Å². The van der Waals surface area contributed by atoms with E-state index in [-0.39, 0.29) is 18.9 Å². The van der Waals surface area contributed by atoms with Crippen molar-refractivity contribution in [3.63, 3.8) is 0 Å². The summed E-state index contributed by atoms with van der Waals surface area (Å²) in [5.41, 5.74) is 0. The molecule has 0 aromatic rings. The first-order chi connectivity index (χ1) is 8.38. The molecule has 1 aliphatic rings. The van der Waals surface area contributed by atoms with Gasteiger partial charge in [-0.2, -0.15) is 13.2 Å². The van der Waals surface area contributed by atoms with Gasteiger partial charge in [0, 0.05) is 45.7 Å². The molecule has 1 aliphatic heterocycles. The number of nitrogens with zero attached hydrogens (tertiary/aromatic N) is 2. The normalized spacial score (nSPS) is 17.3. The molecular weight excluding hydrogens is 247 g/mol. The van der Waals surface area contributed by atoms with E-state index in [1.807, 2.05) is 0 Å². The third kappa shape index (κ3) is 6.20. The molecule has 0 spiro atoms. The summed E-state index contributed by atoms with van der Waals surface area (Å²) in [5.74, 6) is 0.0235. The van der Waals surface area contributed by atoms with E-state index < -0.39 is 12.6 Å². The molecule has 0 aliphatic carbocycles. The summed E-state index contributed by atoms with van der Waals surface area (Å²) in [6.45, 7) is 3.26. The van der Waals surface area contributed by atoms with Crippen molar-refractivity contribution in [2.75, 3.05) is 46.3 Å². The van der Waals surface area contributed by atoms with Gasteiger partial charge in [0.15, 0.2) is 0 Å². The fourth-order valence-corrected chi connectivity index (χ4v) is 1.79. The van der Waals surface area contributed by atoms with Crippen molar-refractivity contribution in [2.24, 2.45) is 0 Å². The predicted molar refractivity (Wildman–Crippen MR) is 62.2 cm³/mol. The molecule has 0 radical (unpaired) electrons. The highest BCUT2D eigenvalue weighted by molar-refractivity contribution is 5.76. The Morgan fingerprint density at radius 3 is 2.44 bits per heavy atom. The highest BCUT2D eigenvalue weighted by Crippen LogP contribution is 2.19. The number of alkyl halides is 3. The lowest BCUT2D eigenvalue weighted by atomic mass is 10.3. The zero-order chi connectivity index (χ0) is 13.6. The lowest BCUT2D eigenvalue weighted by Crippen LogP contribution is -2.47. The molecule has 18 heavy (non-hydrogen) atoms. The van der Waals surface area contributed by atoms with Gasteiger partial charge in [-0.3, -0.25) is 4.79 Å². The number of carbonyl (C=O) groups is 1. The number of piperazine rings is 1. The van der Waals surface area contributed by atoms with Gasteiger partial charge in [0.1, 0.15) is 0 Å². The Hall–Kier alpha value is -0.820. The number of hydrogen-bond donors (Lipinski definition) is 1. The van der Waals surface area contributed by atoms with Gasteiger partial charge < -0.3 is 15.1 Å². The minimum atomic E-state index is -4.13. The smallest absolute Gasteiger partial charge is 0.340 e. The van der Waals surface area contributed by atoms with Gasteiger partial charge >= 0.3 is 6.18 Å². The Morgan fingerprint density at radius 1 is 1.28 bits per heavy atom. The Bertz CT molecular complexity index is 265. The summed E-state index contributed by atoms with van der Waals surface area (Å²) in [7, 11) is 1.61. The number of carbonyl (C=O) groups excluding carboxylic acids is 1. The quantitative estimate of drug-likeness (QED) is 0.796. The van der Waals surface area contributed by atoms with E-state index in [1.54, 1.807) is 16.8 Å². The fourth-order valence-electron chi connectivity index (χ4n) is 1.79. The maximum atomic E-state index is 12.0. The second kappa shape index (κ2) is 6.94. The van der Waals surface area contributed by atoms with Gasteiger partial charge in [-0.05, 0) is 7.05 Å². The first kappa shape index (κ1) is 15.2. The summed E-state index contributed by atoms with van der Waals surface area (Å²) >= 11 is 0. The van der Waals surface area contributed by atoms with E-state index in [0.717, 1.165) is 13.1 Å². The Morgan fingerprint density at radius 2 is 1.89 bits per heavy atom. The molecule has 1 amide bonds. The van der Waals surface area contributed by atoms with Crippen molar-refractivity contribution >= 4 is 5.91 Å². The van der Waals surface area contributed by atoms with Gasteiger partial charge in [-0.1, -0.05) is 0 Å². The lowest BCUT2D eigenvalue weighted by molar-refractivity contribution is -0.137. The van der Waals surface area contributed by atoms with Gasteiger partial charge in [0.2, 0.25) is 5.91 Å². The van der Waals surface area contributed by atoms with Crippen LogP contribution in [0.1, 0.15) is 12.8 Å². The summed E-state index contributed by atoms with van der Waals surface area (Å²) in [6.07, 6.45) is -4.67. The Labute approximate surface area is 105 Å². The van der Waals surface area contributed by atoms with Gasteiger partial charge in [0.25, 0.3) is 0 Å². The lowest BCUT2D eigenvalue weighted by Gasteiger charge is -2.28. The maximum Gasteiger partial charge on any atom is 0.390 e. The van der Waals surface area contributed by atoms with Gasteiger partial charge in [0.05, 0.1) is 6.42 Å². The molecule has 0 saturated carbocycles. The zero-order valence-corrected chi connectivity index (χ0v) is 10.6. The standard InChI is InChI=1S/C11H20F3N3O/c1-16(7-3-11(12,13)14)6-2-10(18)17-8-4-15-5-9-17/h15H,2-9H2,1H3. The van der Waals surface area contributed by atoms with Crippen molar-refractivity contribution in [3.8, 4) is 0 Å². The highest BCUT2D eigenvalue weighted by Gasteiger charge is 2.27. The number of amides is 1. The van der Waals surface area contributed by atoms with Crippen molar-refractivity contribution in [1.29, 1.82) is 0 Å². The summed E-state index contributed by atoms with van der Waals surface area (Å²) in [6, 6.07) is 0. The van der Waals surface area contributed by atoms with E-state index in [2.05, 4.69) is 5.32 Å². The molecule has 0 aromatic heterocycles. The molecule has 0 bridgehead atoms. The van der Waals surface area contributed by atoms with Crippen LogP contribution < -0.4 is 5.32 Å². The van der Waals surface area contributed by atoms with Crippen LogP contribution in [-0.2, 0) is 4.79 Å². The van der Waals surface area contributed by atoms with Crippen molar-refractivity contribution in [3.05, 3.63) is 0 Å². The average Bonchev–Trinajstić information content (AvgIpc) is 2.33. The minimum Gasteiger partial charge on any atom is -0.340 e. The molecular formula is C11H20F3N3O. The minimum absolute atomic E-state index is 0.0235. The SMILES string of the molecule is CN(CCC(=O)N1CCNCC1)CCC(F)(F)F. The summed E-state index contributed by atoms with van der Waals surface area (Å²) in [4.78, 5) is 15.1. The van der Waals surface area contributed by atoms with Crippen LogP contribution in [0.2, 0.25) is 0 Å². The highest BCUT2D eigenvalue weighted by atomic mass is 19.4. The van der Waals surface area contributed by atoms with Crippen LogP contribution in [0.3, 0.4) is 0 Å². The first-order valence-electron chi connectivity index (χ1n) is 6.12. The molecule has 1 saturated heterocycles. The van der Waals surface area contributed by atoms with Gasteiger partial charge in [-0.15, -0.1) is 0 Å². The molecule has 1 fully saturated rings. The number of halogens is 3. The van der Waals surface area contributed by atoms with Crippen LogP contribution in [-0.4, -0.2) is 68.2 Å². The van der Waals surface area contributed by atoms with Crippen LogP contribution >= 0.6 is 0 Å². The summed E-state index contributed by atoms with van der Waals surface area (Å²) in [5, 5.41) is 3.14. The van der Waals surface area contributed by atoms with E-state index in [4.69, 9.17) is 0 Å². The molecule has 0 atom stereocenters. The second-order valence-electron chi connectivity index (χ2n) is 4.55. The molecule has 7 heteroatoms. The molecule has 106 valence electrons. The van der Waals surface area contributed by atoms with E-state index >= 15 is 0 Å². The average molecular weight is 267 g/mol. The third-order valence-electron chi connectivity index (χ3n) is 2.95. The monoisotopic (exact) mass is 267 g/mol. The first-order valence-corrected chi connectivity index (χ1v) is 6.12. The zero-order valence-electron chi connectivity index (χ0n) is 10.6. The molecule has 1 N–H and O–H groups in total. The van der Waals surface area contributed by atoms with Gasteiger partial charge in [-0.25, -0.2) is 0 Å². The van der Waals surface area contributed by atoms with E-state index in [1.165, 1.54) is 0 Å². The van der Waals surface area contributed by atoms with Crippen LogP contribution in [0.4, 0.5) is 13.2 Å². The molecule has 1 rings (SSSR count). The van der Waals surface area contributed by atoms with Crippen molar-refractivity contribution < 1.29 is 18.0 Å². The van der Waals surface area contributed by atoms with Crippen LogP contribution in [0.15, 0.2) is 0 Å². The number of rotatable bonds is 5. The largest absolute Gasteiger partial charge is 0.390 e. The molecule has 1 heterocycles. The van der Waals surface area contributed by atoms with E-state index in [9.17, 15) is 18.0 Å². The predicted octanol–water partition coefficient (Wildman–Crippen LogP) is 0.692. The second-order valence-corrected chi connectivity index (χ2v) is 4.55. The van der Waals surface area contributed by atoms with E-state index in [0.29, 0.717) is 19.6 Å². The number of hydrogen-bond acceptors (Lipinski definition) is 3. The van der Waals surface area contributed by atoms with Crippen LogP contribution in [0.5, 0.6) is 0 Å². The fraction of sp³-hybridized carbons (Fsp3) is 0.909. The van der Waals surface area contributed by atoms with Crippen LogP contribution in [0.25, 0.3) is 0 Å². The molecule has 0 aromatic carbocycles. The van der Waals surface area contributed by atoms with Crippen molar-refractivity contribution in [1.82, 2.24) is 15.1 Å². The summed E-state index contributed by atoms with van der Waals surface area (Å²) < 4.78 is 36.0. The Balaban J connectivity index is 2.17. The molecule has 0 unspecified atom stereocenters. The topological polar surface area (TPSA) is 35.6 Å².